The maximum absolute atomic E-state index is 14.5. The SMILES string of the molecule is CC(C)(C)c1nc(N[C@@H]2CCN(CCN3CCN(C(=O)O)CC3)C2)nc(-c2c[nH]c3ncccc23)c1C(F)(F)F. The highest BCUT2D eigenvalue weighted by Crippen LogP contribution is 2.43. The molecule has 0 spiro atoms. The summed E-state index contributed by atoms with van der Waals surface area (Å²) >= 11 is 0. The van der Waals surface area contributed by atoms with Gasteiger partial charge in [0.1, 0.15) is 11.2 Å². The first kappa shape index (κ1) is 28.1. The summed E-state index contributed by atoms with van der Waals surface area (Å²) in [7, 11) is 0. The third-order valence-corrected chi connectivity index (χ3v) is 7.59. The Labute approximate surface area is 230 Å². The van der Waals surface area contributed by atoms with Crippen LogP contribution in [0.1, 0.15) is 38.4 Å². The fraction of sp³-hybridized carbons (Fsp3) is 0.556. The van der Waals surface area contributed by atoms with Gasteiger partial charge in [0.2, 0.25) is 5.95 Å². The number of nitrogens with one attached hydrogen (secondary N) is 2. The number of nitrogens with zero attached hydrogens (tertiary/aromatic N) is 6. The second-order valence-corrected chi connectivity index (χ2v) is 11.5. The predicted molar refractivity (Wildman–Crippen MR) is 145 cm³/mol. The molecule has 0 radical (unpaired) electrons. The second-order valence-electron chi connectivity index (χ2n) is 11.5. The van der Waals surface area contributed by atoms with Gasteiger partial charge in [-0.3, -0.25) is 9.80 Å². The summed E-state index contributed by atoms with van der Waals surface area (Å²) in [6.45, 7) is 10.9. The number of carboxylic acid groups (broad SMARTS) is 1. The van der Waals surface area contributed by atoms with E-state index >= 15 is 0 Å². The number of likely N-dealkylation sites (tertiary alicyclic amines) is 1. The standard InChI is InChI=1S/C27H35F3N8O2/c1-26(2,3)22-20(27(28,29)30)21(19-15-32-23-18(19)5-4-7-31-23)34-24(35-22)33-17-6-8-37(16-17)10-9-36-11-13-38(14-12-36)25(39)40/h4-5,7,15,17H,6,8-14,16H2,1-3H3,(H,31,32)(H,39,40)(H,33,34,35)/t17-/m1/s1. The van der Waals surface area contributed by atoms with Gasteiger partial charge in [-0.25, -0.2) is 19.7 Å². The monoisotopic (exact) mass is 560 g/mol. The highest BCUT2D eigenvalue weighted by atomic mass is 19.4. The molecule has 13 heteroatoms. The molecule has 10 nitrogen and oxygen atoms in total. The van der Waals surface area contributed by atoms with Crippen LogP contribution in [-0.4, -0.2) is 104 Å². The topological polar surface area (TPSA) is 114 Å². The average molecular weight is 561 g/mol. The van der Waals surface area contributed by atoms with E-state index in [1.54, 1.807) is 39.1 Å². The number of fused-ring (bicyclic) bond motifs is 1. The zero-order chi connectivity index (χ0) is 28.7. The van der Waals surface area contributed by atoms with Gasteiger partial charge in [0, 0.05) is 87.2 Å². The Bertz CT molecular complexity index is 1360. The number of rotatable bonds is 6. The lowest BCUT2D eigenvalue weighted by atomic mass is 9.86. The molecule has 40 heavy (non-hydrogen) atoms. The van der Waals surface area contributed by atoms with Crippen molar-refractivity contribution < 1.29 is 23.1 Å². The van der Waals surface area contributed by atoms with Crippen molar-refractivity contribution in [3.05, 3.63) is 35.8 Å². The smallest absolute Gasteiger partial charge is 0.420 e. The van der Waals surface area contributed by atoms with Crippen LogP contribution < -0.4 is 5.32 Å². The van der Waals surface area contributed by atoms with E-state index in [2.05, 4.69) is 35.1 Å². The van der Waals surface area contributed by atoms with Gasteiger partial charge < -0.3 is 20.3 Å². The molecule has 2 fully saturated rings. The Morgan fingerprint density at radius 3 is 2.50 bits per heavy atom. The van der Waals surface area contributed by atoms with E-state index < -0.39 is 23.2 Å². The number of hydrogen-bond donors (Lipinski definition) is 3. The van der Waals surface area contributed by atoms with E-state index in [9.17, 15) is 18.0 Å². The summed E-state index contributed by atoms with van der Waals surface area (Å²) in [5.74, 6) is 0.183. The van der Waals surface area contributed by atoms with Crippen molar-refractivity contribution in [3.8, 4) is 11.3 Å². The van der Waals surface area contributed by atoms with Gasteiger partial charge in [-0.1, -0.05) is 20.8 Å². The number of aromatic amines is 1. The normalized spacial score (nSPS) is 19.4. The molecule has 5 heterocycles. The Balaban J connectivity index is 1.35. The summed E-state index contributed by atoms with van der Waals surface area (Å²) in [5.41, 5.74) is -1.10. The van der Waals surface area contributed by atoms with Crippen LogP contribution >= 0.6 is 0 Å². The largest absolute Gasteiger partial charge is 0.465 e. The zero-order valence-electron chi connectivity index (χ0n) is 22.9. The molecule has 2 aliphatic heterocycles. The summed E-state index contributed by atoms with van der Waals surface area (Å²) in [6, 6.07) is 3.42. The highest BCUT2D eigenvalue weighted by molar-refractivity contribution is 5.93. The minimum Gasteiger partial charge on any atom is -0.465 e. The van der Waals surface area contributed by atoms with Crippen molar-refractivity contribution in [3.63, 3.8) is 0 Å². The molecule has 0 unspecified atom stereocenters. The fourth-order valence-electron chi connectivity index (χ4n) is 5.47. The molecular weight excluding hydrogens is 525 g/mol. The number of halogens is 3. The molecule has 0 bridgehead atoms. The lowest BCUT2D eigenvalue weighted by Gasteiger charge is -2.33. The zero-order valence-corrected chi connectivity index (χ0v) is 22.9. The van der Waals surface area contributed by atoms with Crippen LogP contribution in [0, 0.1) is 0 Å². The van der Waals surface area contributed by atoms with Gasteiger partial charge in [0.25, 0.3) is 0 Å². The van der Waals surface area contributed by atoms with E-state index in [0.717, 1.165) is 32.6 Å². The maximum Gasteiger partial charge on any atom is 0.420 e. The summed E-state index contributed by atoms with van der Waals surface area (Å²) < 4.78 is 43.6. The van der Waals surface area contributed by atoms with Gasteiger partial charge in [0.05, 0.1) is 11.4 Å². The Kier molecular flexibility index (Phi) is 7.62. The van der Waals surface area contributed by atoms with E-state index in [4.69, 9.17) is 5.11 Å². The Hall–Kier alpha value is -3.45. The van der Waals surface area contributed by atoms with Crippen molar-refractivity contribution >= 4 is 23.1 Å². The highest BCUT2D eigenvalue weighted by Gasteiger charge is 2.42. The van der Waals surface area contributed by atoms with Crippen LogP contribution in [0.15, 0.2) is 24.5 Å². The molecule has 3 N–H and O–H groups in total. The first-order chi connectivity index (χ1) is 18.9. The van der Waals surface area contributed by atoms with Crippen LogP contribution in [0.5, 0.6) is 0 Å². The maximum atomic E-state index is 14.5. The first-order valence-electron chi connectivity index (χ1n) is 13.5. The molecule has 1 amide bonds. The predicted octanol–water partition coefficient (Wildman–Crippen LogP) is 4.12. The number of hydrogen-bond acceptors (Lipinski definition) is 7. The van der Waals surface area contributed by atoms with Crippen LogP contribution in [0.4, 0.5) is 23.9 Å². The molecule has 0 aromatic carbocycles. The first-order valence-corrected chi connectivity index (χ1v) is 13.5. The van der Waals surface area contributed by atoms with Gasteiger partial charge >= 0.3 is 12.3 Å². The molecular formula is C27H35F3N8O2. The number of pyridine rings is 1. The summed E-state index contributed by atoms with van der Waals surface area (Å²) in [4.78, 5) is 33.2. The molecule has 3 aromatic heterocycles. The van der Waals surface area contributed by atoms with Crippen molar-refractivity contribution in [2.75, 3.05) is 57.7 Å². The Morgan fingerprint density at radius 1 is 1.10 bits per heavy atom. The van der Waals surface area contributed by atoms with E-state index in [1.807, 2.05) is 0 Å². The quantitative estimate of drug-likeness (QED) is 0.413. The number of aromatic nitrogens is 4. The third-order valence-electron chi connectivity index (χ3n) is 7.59. The lowest BCUT2D eigenvalue weighted by Crippen LogP contribution is -2.49. The van der Waals surface area contributed by atoms with Crippen molar-refractivity contribution in [1.82, 2.24) is 34.6 Å². The number of piperazine rings is 1. The number of anilines is 1. The van der Waals surface area contributed by atoms with Crippen LogP contribution in [-0.2, 0) is 11.6 Å². The van der Waals surface area contributed by atoms with Crippen molar-refractivity contribution in [2.24, 2.45) is 0 Å². The molecule has 2 saturated heterocycles. The fourth-order valence-corrected chi connectivity index (χ4v) is 5.47. The minimum absolute atomic E-state index is 0.00843. The third kappa shape index (κ3) is 5.99. The van der Waals surface area contributed by atoms with Crippen LogP contribution in [0.2, 0.25) is 0 Å². The van der Waals surface area contributed by atoms with Gasteiger partial charge in [-0.05, 0) is 18.6 Å². The summed E-state index contributed by atoms with van der Waals surface area (Å²) in [5, 5.41) is 13.0. The van der Waals surface area contributed by atoms with E-state index in [1.165, 1.54) is 11.1 Å². The van der Waals surface area contributed by atoms with E-state index in [-0.39, 0.29) is 23.4 Å². The van der Waals surface area contributed by atoms with Gasteiger partial charge in [0.15, 0.2) is 0 Å². The molecule has 0 saturated carbocycles. The molecule has 1 atom stereocenters. The molecule has 3 aromatic rings. The Morgan fingerprint density at radius 2 is 1.82 bits per heavy atom. The minimum atomic E-state index is -4.65. The molecule has 0 aliphatic carbocycles. The average Bonchev–Trinajstić information content (AvgIpc) is 3.53. The van der Waals surface area contributed by atoms with Crippen LogP contribution in [0.3, 0.4) is 0 Å². The number of amides is 1. The number of alkyl halides is 3. The van der Waals surface area contributed by atoms with Crippen molar-refractivity contribution in [1.29, 1.82) is 0 Å². The molecule has 2 aliphatic rings. The lowest BCUT2D eigenvalue weighted by molar-refractivity contribution is -0.138. The van der Waals surface area contributed by atoms with Crippen molar-refractivity contribution in [2.45, 2.75) is 44.8 Å². The second kappa shape index (κ2) is 10.8. The van der Waals surface area contributed by atoms with Gasteiger partial charge in [-0.2, -0.15) is 13.2 Å². The summed E-state index contributed by atoms with van der Waals surface area (Å²) in [6.07, 6.45) is -1.60. The van der Waals surface area contributed by atoms with Gasteiger partial charge in [-0.15, -0.1) is 0 Å². The van der Waals surface area contributed by atoms with Crippen LogP contribution in [0.25, 0.3) is 22.3 Å². The molecule has 5 rings (SSSR count). The number of H-pyrrole nitrogens is 1. The van der Waals surface area contributed by atoms with E-state index in [0.29, 0.717) is 42.8 Å². The molecule has 216 valence electrons. The number of carbonyl (C=O) groups is 1.